The number of halogens is 2. The van der Waals surface area contributed by atoms with E-state index in [1.54, 1.807) is 6.07 Å². The third-order valence-electron chi connectivity index (χ3n) is 2.18. The molecule has 1 aromatic carbocycles. The van der Waals surface area contributed by atoms with Gasteiger partial charge in [-0.15, -0.1) is 0 Å². The zero-order chi connectivity index (χ0) is 12.3. The van der Waals surface area contributed by atoms with Gasteiger partial charge in [-0.25, -0.2) is 13.6 Å². The normalized spacial score (nSPS) is 10.0. The minimum atomic E-state index is -2.89. The van der Waals surface area contributed by atoms with Crippen molar-refractivity contribution in [2.24, 2.45) is 0 Å². The van der Waals surface area contributed by atoms with Crippen LogP contribution in [0.3, 0.4) is 0 Å². The van der Waals surface area contributed by atoms with Crippen molar-refractivity contribution in [2.75, 3.05) is 7.11 Å². The Labute approximate surface area is 91.3 Å². The van der Waals surface area contributed by atoms with Crippen LogP contribution < -0.4 is 0 Å². The highest BCUT2D eigenvalue weighted by molar-refractivity contribution is 5.93. The van der Waals surface area contributed by atoms with Gasteiger partial charge >= 0.3 is 5.97 Å². The van der Waals surface area contributed by atoms with E-state index in [1.807, 2.05) is 0 Å². The van der Waals surface area contributed by atoms with Gasteiger partial charge < -0.3 is 4.74 Å². The summed E-state index contributed by atoms with van der Waals surface area (Å²) in [5, 5.41) is 8.70. The van der Waals surface area contributed by atoms with E-state index >= 15 is 0 Å². The van der Waals surface area contributed by atoms with Crippen molar-refractivity contribution >= 4 is 5.97 Å². The summed E-state index contributed by atoms with van der Waals surface area (Å²) in [5.74, 6) is -0.857. The number of esters is 1. The number of benzene rings is 1. The molecule has 0 atom stereocenters. The number of nitrogens with zero attached hydrogens (tertiary/aromatic N) is 1. The number of methoxy groups -OCH3 is 1. The van der Waals surface area contributed by atoms with E-state index in [-0.39, 0.29) is 11.1 Å². The summed E-state index contributed by atoms with van der Waals surface area (Å²) >= 11 is 0. The quantitative estimate of drug-likeness (QED) is 0.727. The monoisotopic (exact) mass is 225 g/mol. The maximum absolute atomic E-state index is 12.8. The van der Waals surface area contributed by atoms with Crippen LogP contribution in [0.5, 0.6) is 0 Å². The number of ether oxygens (including phenoxy) is 1. The SMILES string of the molecule is COC(=O)c1c(C)ccc(C#N)c1C(F)F. The molecule has 0 saturated carbocycles. The van der Waals surface area contributed by atoms with Crippen molar-refractivity contribution in [1.82, 2.24) is 0 Å². The van der Waals surface area contributed by atoms with E-state index in [0.29, 0.717) is 5.56 Å². The molecule has 0 saturated heterocycles. The number of hydrogen-bond acceptors (Lipinski definition) is 3. The minimum absolute atomic E-state index is 0.207. The van der Waals surface area contributed by atoms with Crippen molar-refractivity contribution < 1.29 is 18.3 Å². The predicted octanol–water partition coefficient (Wildman–Crippen LogP) is 2.59. The molecule has 0 N–H and O–H groups in total. The van der Waals surface area contributed by atoms with Gasteiger partial charge in [0.15, 0.2) is 0 Å². The molecule has 3 nitrogen and oxygen atoms in total. The Morgan fingerprint density at radius 2 is 2.12 bits per heavy atom. The Bertz CT molecular complexity index is 464. The highest BCUT2D eigenvalue weighted by atomic mass is 19.3. The maximum Gasteiger partial charge on any atom is 0.338 e. The molecule has 1 rings (SSSR count). The summed E-state index contributed by atoms with van der Waals surface area (Å²) < 4.78 is 30.0. The number of carbonyl (C=O) groups is 1. The number of carbonyl (C=O) groups excluding carboxylic acids is 1. The molecular formula is C11H9F2NO2. The Hall–Kier alpha value is -1.96. The molecule has 0 spiro atoms. The van der Waals surface area contributed by atoms with Crippen LogP contribution in [0.25, 0.3) is 0 Å². The van der Waals surface area contributed by atoms with Gasteiger partial charge in [-0.3, -0.25) is 0 Å². The summed E-state index contributed by atoms with van der Waals surface area (Å²) in [6.45, 7) is 1.51. The Morgan fingerprint density at radius 3 is 2.56 bits per heavy atom. The smallest absolute Gasteiger partial charge is 0.338 e. The van der Waals surface area contributed by atoms with Gasteiger partial charge in [0.05, 0.1) is 29.9 Å². The Morgan fingerprint density at radius 1 is 1.50 bits per heavy atom. The van der Waals surface area contributed by atoms with Crippen molar-refractivity contribution in [3.63, 3.8) is 0 Å². The van der Waals surface area contributed by atoms with Crippen LogP contribution in [-0.2, 0) is 4.74 Å². The van der Waals surface area contributed by atoms with Crippen LogP contribution >= 0.6 is 0 Å². The van der Waals surface area contributed by atoms with Crippen molar-refractivity contribution in [2.45, 2.75) is 13.3 Å². The highest BCUT2D eigenvalue weighted by Gasteiger charge is 2.24. The number of hydrogen-bond donors (Lipinski definition) is 0. The van der Waals surface area contributed by atoms with Crippen LogP contribution in [-0.4, -0.2) is 13.1 Å². The van der Waals surface area contributed by atoms with Gasteiger partial charge in [0.25, 0.3) is 6.43 Å². The minimum Gasteiger partial charge on any atom is -0.465 e. The first-order valence-corrected chi connectivity index (χ1v) is 4.43. The first-order chi connectivity index (χ1) is 7.52. The molecule has 0 bridgehead atoms. The van der Waals surface area contributed by atoms with Crippen LogP contribution in [0.4, 0.5) is 8.78 Å². The van der Waals surface area contributed by atoms with Gasteiger partial charge in [-0.1, -0.05) is 6.07 Å². The summed E-state index contributed by atoms with van der Waals surface area (Å²) in [4.78, 5) is 11.4. The molecule has 0 amide bonds. The molecule has 0 heterocycles. The zero-order valence-electron chi connectivity index (χ0n) is 8.75. The fourth-order valence-electron chi connectivity index (χ4n) is 1.43. The van der Waals surface area contributed by atoms with E-state index in [1.165, 1.54) is 19.1 Å². The molecule has 0 unspecified atom stereocenters. The molecule has 0 radical (unpaired) electrons. The van der Waals surface area contributed by atoms with E-state index in [4.69, 9.17) is 5.26 Å². The van der Waals surface area contributed by atoms with Crippen LogP contribution in [0.1, 0.15) is 33.5 Å². The molecule has 16 heavy (non-hydrogen) atoms. The first-order valence-electron chi connectivity index (χ1n) is 4.43. The maximum atomic E-state index is 12.8. The number of alkyl halides is 2. The predicted molar refractivity (Wildman–Crippen MR) is 52.2 cm³/mol. The fourth-order valence-corrected chi connectivity index (χ4v) is 1.43. The molecular weight excluding hydrogens is 216 g/mol. The van der Waals surface area contributed by atoms with Gasteiger partial charge in [0, 0.05) is 0 Å². The van der Waals surface area contributed by atoms with E-state index < -0.39 is 18.0 Å². The summed E-state index contributed by atoms with van der Waals surface area (Å²) in [7, 11) is 1.11. The lowest BCUT2D eigenvalue weighted by Crippen LogP contribution is -2.10. The van der Waals surface area contributed by atoms with Crippen LogP contribution in [0, 0.1) is 18.3 Å². The lowest BCUT2D eigenvalue weighted by atomic mass is 9.97. The molecule has 0 fully saturated rings. The first kappa shape index (κ1) is 12.1. The lowest BCUT2D eigenvalue weighted by molar-refractivity contribution is 0.0588. The Kier molecular flexibility index (Phi) is 3.56. The molecule has 0 aromatic heterocycles. The average Bonchev–Trinajstić information content (AvgIpc) is 2.27. The summed E-state index contributed by atoms with van der Waals surface area (Å²) in [6, 6.07) is 4.34. The van der Waals surface area contributed by atoms with Crippen molar-refractivity contribution in [3.8, 4) is 6.07 Å². The second-order valence-corrected chi connectivity index (χ2v) is 3.12. The molecule has 5 heteroatoms. The highest BCUT2D eigenvalue weighted by Crippen LogP contribution is 2.29. The average molecular weight is 225 g/mol. The second-order valence-electron chi connectivity index (χ2n) is 3.12. The van der Waals surface area contributed by atoms with Crippen LogP contribution in [0.15, 0.2) is 12.1 Å². The standard InChI is InChI=1S/C11H9F2NO2/c1-6-3-4-7(5-14)9(10(12)13)8(6)11(15)16-2/h3-4,10H,1-2H3. The largest absolute Gasteiger partial charge is 0.465 e. The number of nitriles is 1. The molecule has 0 aliphatic carbocycles. The third-order valence-corrected chi connectivity index (χ3v) is 2.18. The van der Waals surface area contributed by atoms with Crippen LogP contribution in [0.2, 0.25) is 0 Å². The molecule has 1 aromatic rings. The van der Waals surface area contributed by atoms with Gasteiger partial charge in [0.2, 0.25) is 0 Å². The Balaban J connectivity index is 3.56. The number of rotatable bonds is 2. The fraction of sp³-hybridized carbons (Fsp3) is 0.273. The van der Waals surface area contributed by atoms with E-state index in [0.717, 1.165) is 7.11 Å². The van der Waals surface area contributed by atoms with Gasteiger partial charge in [-0.2, -0.15) is 5.26 Å². The van der Waals surface area contributed by atoms with E-state index in [2.05, 4.69) is 4.74 Å². The summed E-state index contributed by atoms with van der Waals surface area (Å²) in [6.07, 6.45) is -2.89. The number of aryl methyl sites for hydroxylation is 1. The summed E-state index contributed by atoms with van der Waals surface area (Å²) in [5.41, 5.74) is -0.631. The zero-order valence-corrected chi connectivity index (χ0v) is 8.75. The molecule has 0 aliphatic rings. The topological polar surface area (TPSA) is 50.1 Å². The second kappa shape index (κ2) is 4.71. The van der Waals surface area contributed by atoms with Gasteiger partial charge in [-0.05, 0) is 18.6 Å². The molecule has 0 aliphatic heterocycles. The van der Waals surface area contributed by atoms with E-state index in [9.17, 15) is 13.6 Å². The third kappa shape index (κ3) is 2.01. The lowest BCUT2D eigenvalue weighted by Gasteiger charge is -2.11. The van der Waals surface area contributed by atoms with Gasteiger partial charge in [0.1, 0.15) is 0 Å². The van der Waals surface area contributed by atoms with Crippen molar-refractivity contribution in [3.05, 3.63) is 34.4 Å². The van der Waals surface area contributed by atoms with Crippen molar-refractivity contribution in [1.29, 1.82) is 5.26 Å². The molecule has 84 valence electrons.